The maximum atomic E-state index is 12.4. The Morgan fingerprint density at radius 1 is 0.520 bits per heavy atom. The van der Waals surface area contributed by atoms with Gasteiger partial charge in [-0.3, -0.25) is 14.1 Å². The molecule has 0 heterocycles. The van der Waals surface area contributed by atoms with Gasteiger partial charge in [0.05, 0.1) is 6.61 Å². The third kappa shape index (κ3) is 39.1. The highest BCUT2D eigenvalue weighted by Crippen LogP contribution is 2.36. The summed E-state index contributed by atoms with van der Waals surface area (Å²) < 4.78 is 26.3. The summed E-state index contributed by atoms with van der Waals surface area (Å²) in [6.45, 7) is 3.64. The van der Waals surface area contributed by atoms with Gasteiger partial charge in [0.1, 0.15) is 6.61 Å². The molecule has 0 amide bonds. The van der Waals surface area contributed by atoms with Crippen LogP contribution in [-0.4, -0.2) is 41.0 Å². The standard InChI is InChI=1S/C41H75O8P/c1-3-5-7-9-11-13-15-17-19-20-22-24-26-28-30-32-34-36-41(43)49-39(38-48-50(44,45)46)37-47-40(42)35-33-31-29-27-25-23-21-18-16-14-12-10-8-6-4-2/h11,13,17-19,21,39H,3-10,12,14-16,20,22-38H2,1-2H3,(H2,44,45,46)/b13-11-,19-17-,21-18-. The minimum absolute atomic E-state index is 0.202. The Morgan fingerprint density at radius 2 is 0.900 bits per heavy atom. The number of phosphoric acid groups is 1. The highest BCUT2D eigenvalue weighted by Gasteiger charge is 2.22. The van der Waals surface area contributed by atoms with Crippen LogP contribution in [0, 0.1) is 0 Å². The predicted molar refractivity (Wildman–Crippen MR) is 207 cm³/mol. The van der Waals surface area contributed by atoms with Gasteiger partial charge >= 0.3 is 19.8 Å². The van der Waals surface area contributed by atoms with Crippen molar-refractivity contribution >= 4 is 19.8 Å². The molecule has 0 aliphatic carbocycles. The zero-order valence-corrected chi connectivity index (χ0v) is 32.9. The largest absolute Gasteiger partial charge is 0.469 e. The number of allylic oxidation sites excluding steroid dienone is 6. The summed E-state index contributed by atoms with van der Waals surface area (Å²) in [6, 6.07) is 0. The van der Waals surface area contributed by atoms with Gasteiger partial charge in [-0.1, -0.05) is 147 Å². The van der Waals surface area contributed by atoms with Gasteiger partial charge in [-0.25, -0.2) is 4.57 Å². The van der Waals surface area contributed by atoms with E-state index in [1.807, 2.05) is 0 Å². The molecule has 2 N–H and O–H groups in total. The van der Waals surface area contributed by atoms with Crippen molar-refractivity contribution in [3.8, 4) is 0 Å². The van der Waals surface area contributed by atoms with Crippen molar-refractivity contribution < 1.29 is 37.9 Å². The van der Waals surface area contributed by atoms with Gasteiger partial charge in [-0.05, 0) is 70.6 Å². The van der Waals surface area contributed by atoms with Gasteiger partial charge < -0.3 is 19.3 Å². The summed E-state index contributed by atoms with van der Waals surface area (Å²) in [5, 5.41) is 0. The molecule has 0 aromatic carbocycles. The predicted octanol–water partition coefficient (Wildman–Crippen LogP) is 12.2. The van der Waals surface area contributed by atoms with Gasteiger partial charge in [-0.15, -0.1) is 0 Å². The first-order chi connectivity index (χ1) is 24.3. The molecule has 0 radical (unpaired) electrons. The Bertz CT molecular complexity index is 910. The Morgan fingerprint density at radius 3 is 1.38 bits per heavy atom. The second kappa shape index (κ2) is 37.0. The lowest BCUT2D eigenvalue weighted by Crippen LogP contribution is -2.29. The van der Waals surface area contributed by atoms with Gasteiger partial charge in [0.25, 0.3) is 0 Å². The summed E-state index contributed by atoms with van der Waals surface area (Å²) in [4.78, 5) is 42.8. The van der Waals surface area contributed by atoms with Crippen molar-refractivity contribution in [2.24, 2.45) is 0 Å². The summed E-state index contributed by atoms with van der Waals surface area (Å²) in [7, 11) is -4.75. The Hall–Kier alpha value is -1.73. The zero-order chi connectivity index (χ0) is 36.8. The monoisotopic (exact) mass is 727 g/mol. The molecule has 9 heteroatoms. The van der Waals surface area contributed by atoms with Crippen LogP contribution in [0.1, 0.15) is 194 Å². The molecule has 0 bridgehead atoms. The van der Waals surface area contributed by atoms with Gasteiger partial charge in [0, 0.05) is 12.8 Å². The molecule has 292 valence electrons. The molecule has 0 aliphatic heterocycles. The summed E-state index contributed by atoms with van der Waals surface area (Å²) in [6.07, 6.45) is 42.9. The molecule has 8 nitrogen and oxygen atoms in total. The van der Waals surface area contributed by atoms with E-state index in [9.17, 15) is 14.2 Å². The zero-order valence-electron chi connectivity index (χ0n) is 32.0. The fraction of sp³-hybridized carbons (Fsp3) is 0.805. The van der Waals surface area contributed by atoms with E-state index >= 15 is 0 Å². The van der Waals surface area contributed by atoms with Gasteiger partial charge in [0.15, 0.2) is 6.10 Å². The quantitative estimate of drug-likeness (QED) is 0.0281. The van der Waals surface area contributed by atoms with E-state index in [1.165, 1.54) is 89.9 Å². The number of hydrogen-bond donors (Lipinski definition) is 2. The molecule has 0 saturated carbocycles. The topological polar surface area (TPSA) is 119 Å². The number of phosphoric ester groups is 1. The SMILES string of the molecule is CCCCC/C=C\C/C=C\CCCCCCCCCC(=O)OC(COC(=O)CCCCCCC/C=C\CCCCCCCC)COP(=O)(O)O. The Kier molecular flexibility index (Phi) is 35.8. The van der Waals surface area contributed by atoms with Crippen LogP contribution in [0.4, 0.5) is 0 Å². The number of carbonyl (C=O) groups excluding carboxylic acids is 2. The van der Waals surface area contributed by atoms with Crippen LogP contribution in [0.15, 0.2) is 36.5 Å². The fourth-order valence-corrected chi connectivity index (χ4v) is 5.93. The first-order valence-corrected chi connectivity index (χ1v) is 21.8. The molecule has 1 unspecified atom stereocenters. The lowest BCUT2D eigenvalue weighted by molar-refractivity contribution is -0.161. The number of hydrogen-bond acceptors (Lipinski definition) is 6. The maximum absolute atomic E-state index is 12.4. The van der Waals surface area contributed by atoms with E-state index < -0.39 is 32.5 Å². The number of unbranched alkanes of at least 4 members (excludes halogenated alkanes) is 21. The highest BCUT2D eigenvalue weighted by molar-refractivity contribution is 7.46. The van der Waals surface area contributed by atoms with Crippen molar-refractivity contribution in [2.75, 3.05) is 13.2 Å². The molecule has 0 aromatic rings. The average Bonchev–Trinajstić information content (AvgIpc) is 3.08. The van der Waals surface area contributed by atoms with Crippen LogP contribution >= 0.6 is 7.82 Å². The third-order valence-corrected chi connectivity index (χ3v) is 9.12. The van der Waals surface area contributed by atoms with Crippen LogP contribution in [0.25, 0.3) is 0 Å². The molecular formula is C41H75O8P. The van der Waals surface area contributed by atoms with E-state index in [4.69, 9.17) is 19.3 Å². The summed E-state index contributed by atoms with van der Waals surface area (Å²) >= 11 is 0. The second-order valence-electron chi connectivity index (χ2n) is 13.6. The van der Waals surface area contributed by atoms with Crippen molar-refractivity contribution in [2.45, 2.75) is 200 Å². The van der Waals surface area contributed by atoms with Crippen LogP contribution in [0.5, 0.6) is 0 Å². The van der Waals surface area contributed by atoms with Crippen molar-refractivity contribution in [3.05, 3.63) is 36.5 Å². The average molecular weight is 727 g/mol. The molecule has 50 heavy (non-hydrogen) atoms. The number of rotatable bonds is 37. The Balaban J connectivity index is 3.96. The third-order valence-electron chi connectivity index (χ3n) is 8.63. The molecule has 0 aliphatic rings. The van der Waals surface area contributed by atoms with Crippen molar-refractivity contribution in [3.63, 3.8) is 0 Å². The highest BCUT2D eigenvalue weighted by atomic mass is 31.2. The van der Waals surface area contributed by atoms with E-state index in [0.29, 0.717) is 12.8 Å². The molecule has 0 spiro atoms. The van der Waals surface area contributed by atoms with Crippen LogP contribution in [0.2, 0.25) is 0 Å². The van der Waals surface area contributed by atoms with Crippen LogP contribution in [-0.2, 0) is 28.2 Å². The van der Waals surface area contributed by atoms with Gasteiger partial charge in [0.2, 0.25) is 0 Å². The molecule has 1 atom stereocenters. The molecular weight excluding hydrogens is 651 g/mol. The lowest BCUT2D eigenvalue weighted by Gasteiger charge is -2.18. The van der Waals surface area contributed by atoms with E-state index in [-0.39, 0.29) is 19.4 Å². The smallest absolute Gasteiger partial charge is 0.462 e. The first-order valence-electron chi connectivity index (χ1n) is 20.3. The van der Waals surface area contributed by atoms with Gasteiger partial charge in [-0.2, -0.15) is 0 Å². The minimum Gasteiger partial charge on any atom is -0.462 e. The van der Waals surface area contributed by atoms with Crippen molar-refractivity contribution in [1.82, 2.24) is 0 Å². The molecule has 0 fully saturated rings. The minimum atomic E-state index is -4.75. The van der Waals surface area contributed by atoms with E-state index in [0.717, 1.165) is 64.2 Å². The van der Waals surface area contributed by atoms with E-state index in [1.54, 1.807) is 0 Å². The van der Waals surface area contributed by atoms with Crippen LogP contribution < -0.4 is 0 Å². The second-order valence-corrected chi connectivity index (χ2v) is 14.8. The van der Waals surface area contributed by atoms with Crippen molar-refractivity contribution in [1.29, 1.82) is 0 Å². The maximum Gasteiger partial charge on any atom is 0.469 e. The molecule has 0 saturated heterocycles. The number of carbonyl (C=O) groups is 2. The lowest BCUT2D eigenvalue weighted by atomic mass is 10.1. The normalized spacial score (nSPS) is 12.8. The fourth-order valence-electron chi connectivity index (χ4n) is 5.57. The number of esters is 2. The summed E-state index contributed by atoms with van der Waals surface area (Å²) in [5.41, 5.74) is 0. The van der Waals surface area contributed by atoms with E-state index in [2.05, 4.69) is 54.8 Å². The van der Waals surface area contributed by atoms with Crippen LogP contribution in [0.3, 0.4) is 0 Å². The number of ether oxygens (including phenoxy) is 2. The molecule has 0 aromatic heterocycles. The Labute approximate surface area is 306 Å². The summed E-state index contributed by atoms with van der Waals surface area (Å²) in [5.74, 6) is -0.901. The first kappa shape index (κ1) is 48.3. The molecule has 0 rings (SSSR count).